The first kappa shape index (κ1) is 9.03. The highest BCUT2D eigenvalue weighted by Crippen LogP contribution is 2.23. The van der Waals surface area contributed by atoms with Gasteiger partial charge in [-0.1, -0.05) is 0 Å². The molecule has 1 aromatic rings. The fourth-order valence-electron chi connectivity index (χ4n) is 1.32. The van der Waals surface area contributed by atoms with Gasteiger partial charge in [-0.2, -0.15) is 5.90 Å². The molecule has 0 aliphatic carbocycles. The Labute approximate surface area is 71.7 Å². The second-order valence-electron chi connectivity index (χ2n) is 2.83. The van der Waals surface area contributed by atoms with Gasteiger partial charge in [0.05, 0.1) is 6.61 Å². The Morgan fingerprint density at radius 1 is 1.33 bits per heavy atom. The fourth-order valence-corrected chi connectivity index (χ4v) is 1.32. The lowest BCUT2D eigenvalue weighted by atomic mass is 10.1. The number of rotatable bonds is 2. The van der Waals surface area contributed by atoms with Gasteiger partial charge in [-0.05, 0) is 42.7 Å². The van der Waals surface area contributed by atoms with Crippen LogP contribution in [0.4, 0.5) is 0 Å². The molecule has 0 atom stereocenters. The zero-order valence-electron chi connectivity index (χ0n) is 7.29. The van der Waals surface area contributed by atoms with Crippen molar-refractivity contribution in [1.82, 2.24) is 0 Å². The maximum atomic E-state index is 8.88. The zero-order chi connectivity index (χ0) is 9.14. The van der Waals surface area contributed by atoms with Crippen LogP contribution in [-0.2, 0) is 6.61 Å². The molecule has 0 bridgehead atoms. The number of aliphatic hydroxyl groups excluding tert-OH is 1. The largest absolute Gasteiger partial charge is 0.411 e. The van der Waals surface area contributed by atoms with Crippen molar-refractivity contribution in [3.8, 4) is 5.75 Å². The minimum absolute atomic E-state index is 0.0481. The molecular weight excluding hydrogens is 154 g/mol. The van der Waals surface area contributed by atoms with Gasteiger partial charge in [-0.15, -0.1) is 0 Å². The molecule has 0 spiro atoms. The molecule has 0 saturated carbocycles. The minimum atomic E-state index is 0.0481. The van der Waals surface area contributed by atoms with E-state index in [1.807, 2.05) is 26.0 Å². The van der Waals surface area contributed by atoms with Gasteiger partial charge in [0.1, 0.15) is 0 Å². The number of nitrogens with two attached hydrogens (primary N) is 1. The lowest BCUT2D eigenvalue weighted by Crippen LogP contribution is -2.05. The van der Waals surface area contributed by atoms with Gasteiger partial charge in [0, 0.05) is 0 Å². The summed E-state index contributed by atoms with van der Waals surface area (Å²) in [6, 6.07) is 3.71. The van der Waals surface area contributed by atoms with Crippen LogP contribution in [0.15, 0.2) is 12.1 Å². The number of benzene rings is 1. The molecular formula is C9H13NO2. The Balaban J connectivity index is 3.18. The first-order valence-electron chi connectivity index (χ1n) is 3.76. The number of hydrogen-bond donors (Lipinski definition) is 2. The molecule has 3 N–H and O–H groups in total. The van der Waals surface area contributed by atoms with E-state index in [0.29, 0.717) is 5.75 Å². The third-order valence-corrected chi connectivity index (χ3v) is 1.82. The molecule has 12 heavy (non-hydrogen) atoms. The van der Waals surface area contributed by atoms with Crippen molar-refractivity contribution in [1.29, 1.82) is 0 Å². The van der Waals surface area contributed by atoms with Crippen molar-refractivity contribution in [3.63, 3.8) is 0 Å². The Bertz CT molecular complexity index is 261. The second-order valence-corrected chi connectivity index (χ2v) is 2.83. The molecule has 0 amide bonds. The maximum absolute atomic E-state index is 8.88. The summed E-state index contributed by atoms with van der Waals surface area (Å²) in [5.74, 6) is 5.77. The van der Waals surface area contributed by atoms with E-state index < -0.39 is 0 Å². The molecule has 0 aliphatic heterocycles. The van der Waals surface area contributed by atoms with Crippen molar-refractivity contribution >= 4 is 0 Å². The minimum Gasteiger partial charge on any atom is -0.411 e. The van der Waals surface area contributed by atoms with Crippen LogP contribution in [0.3, 0.4) is 0 Å². The van der Waals surface area contributed by atoms with Gasteiger partial charge in [0.15, 0.2) is 5.75 Å². The van der Waals surface area contributed by atoms with E-state index in [9.17, 15) is 0 Å². The predicted octanol–water partition coefficient (Wildman–Crippen LogP) is 1.05. The van der Waals surface area contributed by atoms with Crippen LogP contribution >= 0.6 is 0 Å². The number of aliphatic hydroxyl groups is 1. The predicted molar refractivity (Wildman–Crippen MR) is 46.7 cm³/mol. The van der Waals surface area contributed by atoms with Gasteiger partial charge >= 0.3 is 0 Å². The van der Waals surface area contributed by atoms with Crippen molar-refractivity contribution in [3.05, 3.63) is 28.8 Å². The Hall–Kier alpha value is -1.06. The van der Waals surface area contributed by atoms with E-state index in [0.717, 1.165) is 16.7 Å². The van der Waals surface area contributed by atoms with Crippen molar-refractivity contribution < 1.29 is 9.94 Å². The Morgan fingerprint density at radius 2 is 1.83 bits per heavy atom. The van der Waals surface area contributed by atoms with Crippen LogP contribution in [-0.4, -0.2) is 5.11 Å². The van der Waals surface area contributed by atoms with Crippen LogP contribution in [0.25, 0.3) is 0 Å². The highest BCUT2D eigenvalue weighted by Gasteiger charge is 2.04. The monoisotopic (exact) mass is 167 g/mol. The smallest absolute Gasteiger partial charge is 0.152 e. The molecule has 1 aromatic carbocycles. The Morgan fingerprint density at radius 3 is 2.17 bits per heavy atom. The molecule has 3 nitrogen and oxygen atoms in total. The number of aryl methyl sites for hydroxylation is 2. The van der Waals surface area contributed by atoms with Gasteiger partial charge in [-0.3, -0.25) is 0 Å². The summed E-state index contributed by atoms with van der Waals surface area (Å²) in [5, 5.41) is 8.88. The summed E-state index contributed by atoms with van der Waals surface area (Å²) < 4.78 is 0. The topological polar surface area (TPSA) is 55.5 Å². The van der Waals surface area contributed by atoms with Crippen LogP contribution in [0, 0.1) is 13.8 Å². The summed E-state index contributed by atoms with van der Waals surface area (Å²) in [6.45, 7) is 3.84. The van der Waals surface area contributed by atoms with Gasteiger partial charge < -0.3 is 9.94 Å². The first-order chi connectivity index (χ1) is 5.69. The fraction of sp³-hybridized carbons (Fsp3) is 0.333. The van der Waals surface area contributed by atoms with E-state index in [1.54, 1.807) is 0 Å². The summed E-state index contributed by atoms with van der Waals surface area (Å²) >= 11 is 0. The molecule has 1 rings (SSSR count). The average molecular weight is 167 g/mol. The first-order valence-corrected chi connectivity index (χ1v) is 3.76. The third kappa shape index (κ3) is 1.57. The molecule has 0 aliphatic rings. The SMILES string of the molecule is Cc1cc(CO)cc(C)c1ON. The van der Waals surface area contributed by atoms with Crippen LogP contribution in [0.1, 0.15) is 16.7 Å². The molecule has 66 valence electrons. The molecule has 0 fully saturated rings. The van der Waals surface area contributed by atoms with E-state index in [2.05, 4.69) is 0 Å². The summed E-state index contributed by atoms with van der Waals surface area (Å²) in [4.78, 5) is 4.69. The third-order valence-electron chi connectivity index (χ3n) is 1.82. The van der Waals surface area contributed by atoms with E-state index >= 15 is 0 Å². The summed E-state index contributed by atoms with van der Waals surface area (Å²) in [6.07, 6.45) is 0. The summed E-state index contributed by atoms with van der Waals surface area (Å²) in [7, 11) is 0. The van der Waals surface area contributed by atoms with E-state index in [1.165, 1.54) is 0 Å². The lowest BCUT2D eigenvalue weighted by Gasteiger charge is -2.08. The molecule has 0 saturated heterocycles. The lowest BCUT2D eigenvalue weighted by molar-refractivity contribution is 0.281. The van der Waals surface area contributed by atoms with Gasteiger partial charge in [0.2, 0.25) is 0 Å². The van der Waals surface area contributed by atoms with Crippen molar-refractivity contribution in [2.24, 2.45) is 5.90 Å². The normalized spacial score (nSPS) is 10.0. The van der Waals surface area contributed by atoms with Crippen LogP contribution < -0.4 is 10.7 Å². The molecule has 0 heterocycles. The van der Waals surface area contributed by atoms with Gasteiger partial charge in [-0.25, -0.2) is 0 Å². The Kier molecular flexibility index (Phi) is 2.68. The van der Waals surface area contributed by atoms with Crippen LogP contribution in [0.5, 0.6) is 5.75 Å². The zero-order valence-corrected chi connectivity index (χ0v) is 7.29. The van der Waals surface area contributed by atoms with Crippen molar-refractivity contribution in [2.75, 3.05) is 0 Å². The van der Waals surface area contributed by atoms with E-state index in [4.69, 9.17) is 15.8 Å². The highest BCUT2D eigenvalue weighted by atomic mass is 16.6. The second kappa shape index (κ2) is 3.56. The summed E-state index contributed by atoms with van der Waals surface area (Å²) in [5.41, 5.74) is 2.77. The van der Waals surface area contributed by atoms with Gasteiger partial charge in [0.25, 0.3) is 0 Å². The van der Waals surface area contributed by atoms with E-state index in [-0.39, 0.29) is 6.61 Å². The maximum Gasteiger partial charge on any atom is 0.152 e. The number of hydrogen-bond acceptors (Lipinski definition) is 3. The molecule has 0 radical (unpaired) electrons. The van der Waals surface area contributed by atoms with Crippen LogP contribution in [0.2, 0.25) is 0 Å². The molecule has 0 aromatic heterocycles. The molecule has 0 unspecified atom stereocenters. The average Bonchev–Trinajstić information content (AvgIpc) is 2.03. The quantitative estimate of drug-likeness (QED) is 0.647. The standard InChI is InChI=1S/C9H13NO2/c1-6-3-8(5-11)4-7(2)9(6)12-10/h3-4,11H,5,10H2,1-2H3. The molecule has 3 heteroatoms. The van der Waals surface area contributed by atoms with Crippen molar-refractivity contribution in [2.45, 2.75) is 20.5 Å². The highest BCUT2D eigenvalue weighted by molar-refractivity contribution is 5.42.